The molecule has 0 aromatic carbocycles. The van der Waals surface area contributed by atoms with Crippen molar-refractivity contribution in [2.24, 2.45) is 0 Å². The Morgan fingerprint density at radius 1 is 1.00 bits per heavy atom. The van der Waals surface area contributed by atoms with Crippen molar-refractivity contribution in [1.82, 2.24) is 10.2 Å². The Morgan fingerprint density at radius 3 is 2.05 bits per heavy atom. The molecule has 0 aliphatic rings. The molecule has 0 radical (unpaired) electrons. The van der Waals surface area contributed by atoms with Gasteiger partial charge in [-0.2, -0.15) is 0 Å². The second kappa shape index (κ2) is 12.2. The van der Waals surface area contributed by atoms with Crippen molar-refractivity contribution in [3.05, 3.63) is 12.2 Å². The van der Waals surface area contributed by atoms with E-state index in [2.05, 4.69) is 30.6 Å². The van der Waals surface area contributed by atoms with Crippen LogP contribution in [0.4, 0.5) is 0 Å². The lowest BCUT2D eigenvalue weighted by molar-refractivity contribution is -0.117. The molecule has 0 aliphatic heterocycles. The minimum absolute atomic E-state index is 0.0146. The van der Waals surface area contributed by atoms with Crippen LogP contribution in [0.2, 0.25) is 0 Å². The van der Waals surface area contributed by atoms with Crippen LogP contribution in [0.5, 0.6) is 0 Å². The summed E-state index contributed by atoms with van der Waals surface area (Å²) >= 11 is 0. The van der Waals surface area contributed by atoms with Gasteiger partial charge in [0.25, 0.3) is 0 Å². The zero-order valence-electron chi connectivity index (χ0n) is 13.1. The van der Waals surface area contributed by atoms with Crippen LogP contribution in [-0.4, -0.2) is 37.0 Å². The Kier molecular flexibility index (Phi) is 11.7. The molecule has 0 saturated carbocycles. The highest BCUT2D eigenvalue weighted by Crippen LogP contribution is 2.06. The van der Waals surface area contributed by atoms with Crippen molar-refractivity contribution in [1.29, 1.82) is 0 Å². The maximum absolute atomic E-state index is 11.2. The van der Waals surface area contributed by atoms with Gasteiger partial charge >= 0.3 is 0 Å². The average Bonchev–Trinajstić information content (AvgIpc) is 2.40. The number of hydrogen-bond acceptors (Lipinski definition) is 2. The molecule has 112 valence electrons. The minimum Gasteiger partial charge on any atom is -0.352 e. The summed E-state index contributed by atoms with van der Waals surface area (Å²) in [4.78, 5) is 13.7. The highest BCUT2D eigenvalue weighted by Gasteiger charge is 2.00. The zero-order valence-corrected chi connectivity index (χ0v) is 13.1. The molecular formula is C16H32N2O. The highest BCUT2D eigenvalue weighted by atomic mass is 16.1. The molecule has 19 heavy (non-hydrogen) atoms. The maximum Gasteiger partial charge on any atom is 0.246 e. The number of unbranched alkanes of at least 4 members (excludes halogenated alkanes) is 5. The summed E-state index contributed by atoms with van der Waals surface area (Å²) in [6.07, 6.45) is 7.52. The Balaban J connectivity index is 3.23. The first-order chi connectivity index (χ1) is 9.11. The van der Waals surface area contributed by atoms with E-state index < -0.39 is 0 Å². The van der Waals surface area contributed by atoms with Crippen LogP contribution < -0.4 is 5.32 Å². The van der Waals surface area contributed by atoms with E-state index in [9.17, 15) is 4.79 Å². The first kappa shape index (κ1) is 18.2. The lowest BCUT2D eigenvalue weighted by Crippen LogP contribution is -2.24. The molecule has 3 heteroatoms. The third-order valence-electron chi connectivity index (χ3n) is 3.47. The lowest BCUT2D eigenvalue weighted by atomic mass is 10.1. The molecule has 1 N–H and O–H groups in total. The van der Waals surface area contributed by atoms with Crippen LogP contribution in [0, 0.1) is 0 Å². The first-order valence-corrected chi connectivity index (χ1v) is 7.77. The van der Waals surface area contributed by atoms with E-state index in [4.69, 9.17) is 0 Å². The van der Waals surface area contributed by atoms with Crippen molar-refractivity contribution in [2.45, 2.75) is 59.3 Å². The van der Waals surface area contributed by atoms with Gasteiger partial charge < -0.3 is 10.2 Å². The van der Waals surface area contributed by atoms with Crippen LogP contribution in [0.25, 0.3) is 0 Å². The fourth-order valence-electron chi connectivity index (χ4n) is 2.06. The fourth-order valence-corrected chi connectivity index (χ4v) is 2.06. The van der Waals surface area contributed by atoms with Crippen molar-refractivity contribution in [3.8, 4) is 0 Å². The van der Waals surface area contributed by atoms with Crippen molar-refractivity contribution in [2.75, 3.05) is 26.2 Å². The number of rotatable bonds is 12. The summed E-state index contributed by atoms with van der Waals surface area (Å²) in [6, 6.07) is 0. The minimum atomic E-state index is -0.0146. The van der Waals surface area contributed by atoms with Gasteiger partial charge in [-0.3, -0.25) is 4.79 Å². The molecule has 3 nitrogen and oxygen atoms in total. The SMILES string of the molecule is C=C(C)C(=O)NCCCCCCCCN(CC)CC. The molecule has 0 bridgehead atoms. The van der Waals surface area contributed by atoms with E-state index in [1.165, 1.54) is 51.7 Å². The van der Waals surface area contributed by atoms with Gasteiger partial charge in [0.15, 0.2) is 0 Å². The van der Waals surface area contributed by atoms with Gasteiger partial charge in [-0.15, -0.1) is 0 Å². The molecule has 0 heterocycles. The smallest absolute Gasteiger partial charge is 0.246 e. The quantitative estimate of drug-likeness (QED) is 0.435. The fraction of sp³-hybridized carbons (Fsp3) is 0.812. The first-order valence-electron chi connectivity index (χ1n) is 7.77. The normalized spacial score (nSPS) is 10.7. The van der Waals surface area contributed by atoms with Crippen LogP contribution in [0.1, 0.15) is 59.3 Å². The predicted molar refractivity (Wildman–Crippen MR) is 83.3 cm³/mol. The summed E-state index contributed by atoms with van der Waals surface area (Å²) in [7, 11) is 0. The van der Waals surface area contributed by atoms with Gasteiger partial charge in [0, 0.05) is 12.1 Å². The maximum atomic E-state index is 11.2. The summed E-state index contributed by atoms with van der Waals surface area (Å²) < 4.78 is 0. The number of carbonyl (C=O) groups excluding carboxylic acids is 1. The second-order valence-corrected chi connectivity index (χ2v) is 5.18. The zero-order chi connectivity index (χ0) is 14.5. The molecule has 0 aliphatic carbocycles. The van der Waals surface area contributed by atoms with Gasteiger partial charge in [0.2, 0.25) is 5.91 Å². The Morgan fingerprint density at radius 2 is 1.53 bits per heavy atom. The van der Waals surface area contributed by atoms with Crippen molar-refractivity contribution >= 4 is 5.91 Å². The second-order valence-electron chi connectivity index (χ2n) is 5.18. The van der Waals surface area contributed by atoms with Gasteiger partial charge in [-0.25, -0.2) is 0 Å². The van der Waals surface area contributed by atoms with E-state index in [0.717, 1.165) is 13.0 Å². The van der Waals surface area contributed by atoms with E-state index in [-0.39, 0.29) is 5.91 Å². The molecule has 0 rings (SSSR count). The monoisotopic (exact) mass is 268 g/mol. The van der Waals surface area contributed by atoms with Gasteiger partial charge in [-0.1, -0.05) is 46.1 Å². The summed E-state index contributed by atoms with van der Waals surface area (Å²) in [5.74, 6) is -0.0146. The Bertz CT molecular complexity index is 247. The molecular weight excluding hydrogens is 236 g/mol. The predicted octanol–water partition coefficient (Wildman–Crippen LogP) is 3.36. The molecule has 0 fully saturated rings. The third kappa shape index (κ3) is 10.8. The number of nitrogens with zero attached hydrogens (tertiary/aromatic N) is 1. The summed E-state index contributed by atoms with van der Waals surface area (Å²) in [6.45, 7) is 14.2. The lowest BCUT2D eigenvalue weighted by Gasteiger charge is -2.17. The molecule has 0 aromatic heterocycles. The topological polar surface area (TPSA) is 32.3 Å². The largest absolute Gasteiger partial charge is 0.352 e. The summed E-state index contributed by atoms with van der Waals surface area (Å²) in [5, 5.41) is 2.87. The number of nitrogens with one attached hydrogen (secondary N) is 1. The Hall–Kier alpha value is -0.830. The average molecular weight is 268 g/mol. The van der Waals surface area contributed by atoms with Crippen LogP contribution in [-0.2, 0) is 4.79 Å². The van der Waals surface area contributed by atoms with Crippen LogP contribution in [0.15, 0.2) is 12.2 Å². The van der Waals surface area contributed by atoms with Crippen LogP contribution in [0.3, 0.4) is 0 Å². The van der Waals surface area contributed by atoms with Gasteiger partial charge in [0.05, 0.1) is 0 Å². The van der Waals surface area contributed by atoms with Crippen molar-refractivity contribution < 1.29 is 4.79 Å². The number of carbonyl (C=O) groups is 1. The molecule has 0 saturated heterocycles. The third-order valence-corrected chi connectivity index (χ3v) is 3.47. The number of amides is 1. The summed E-state index contributed by atoms with van der Waals surface area (Å²) in [5.41, 5.74) is 0.594. The molecule has 0 aromatic rings. The van der Waals surface area contributed by atoms with E-state index in [1.807, 2.05) is 0 Å². The van der Waals surface area contributed by atoms with Gasteiger partial charge in [0.1, 0.15) is 0 Å². The Labute approximate surface area is 119 Å². The number of hydrogen-bond donors (Lipinski definition) is 1. The van der Waals surface area contributed by atoms with Crippen LogP contribution >= 0.6 is 0 Å². The van der Waals surface area contributed by atoms with E-state index in [1.54, 1.807) is 6.92 Å². The van der Waals surface area contributed by atoms with Gasteiger partial charge in [-0.05, 0) is 39.4 Å². The molecule has 0 unspecified atom stereocenters. The standard InChI is InChI=1S/C16H32N2O/c1-5-18(6-2)14-12-10-8-7-9-11-13-17-16(19)15(3)4/h3,5-14H2,1-2,4H3,(H,17,19). The van der Waals surface area contributed by atoms with E-state index >= 15 is 0 Å². The van der Waals surface area contributed by atoms with Crippen molar-refractivity contribution in [3.63, 3.8) is 0 Å². The molecule has 0 spiro atoms. The molecule has 1 amide bonds. The molecule has 0 atom stereocenters. The van der Waals surface area contributed by atoms with E-state index in [0.29, 0.717) is 5.57 Å². The highest BCUT2D eigenvalue weighted by molar-refractivity contribution is 5.91.